The number of hydrogen-bond donors (Lipinski definition) is 1. The lowest BCUT2D eigenvalue weighted by molar-refractivity contribution is 0.102. The first-order valence-corrected chi connectivity index (χ1v) is 7.73. The standard InChI is InChI=1S/C19H16N2O2/c22-19(21-16-10-9-13-7-4-8-15(13)11-16)17-18(23-12-20-17)14-5-2-1-3-6-14/h1-3,5-6,9-12H,4,7-8H2,(H,21,22). The molecule has 0 atom stereocenters. The molecule has 4 heteroatoms. The number of rotatable bonds is 3. The number of carbonyl (C=O) groups excluding carboxylic acids is 1. The molecule has 114 valence electrons. The van der Waals surface area contributed by atoms with Crippen LogP contribution >= 0.6 is 0 Å². The second-order valence-electron chi connectivity index (χ2n) is 5.69. The molecule has 0 bridgehead atoms. The number of nitrogens with one attached hydrogen (secondary N) is 1. The van der Waals surface area contributed by atoms with Gasteiger partial charge in [0.1, 0.15) is 0 Å². The zero-order valence-corrected chi connectivity index (χ0v) is 12.6. The second-order valence-corrected chi connectivity index (χ2v) is 5.69. The van der Waals surface area contributed by atoms with Gasteiger partial charge in [0.25, 0.3) is 5.91 Å². The number of hydrogen-bond acceptors (Lipinski definition) is 3. The first kappa shape index (κ1) is 13.8. The van der Waals surface area contributed by atoms with E-state index in [0.717, 1.165) is 24.1 Å². The molecule has 0 unspecified atom stereocenters. The molecule has 2 aromatic carbocycles. The van der Waals surface area contributed by atoms with E-state index in [4.69, 9.17) is 4.42 Å². The van der Waals surface area contributed by atoms with Crippen molar-refractivity contribution in [1.82, 2.24) is 4.98 Å². The molecule has 1 amide bonds. The molecular formula is C19H16N2O2. The molecule has 23 heavy (non-hydrogen) atoms. The number of fused-ring (bicyclic) bond motifs is 1. The number of benzene rings is 2. The van der Waals surface area contributed by atoms with Crippen LogP contribution in [0.15, 0.2) is 59.3 Å². The SMILES string of the molecule is O=C(Nc1ccc2c(c1)CCC2)c1ncoc1-c1ccccc1. The Morgan fingerprint density at radius 3 is 2.74 bits per heavy atom. The molecule has 0 fully saturated rings. The van der Waals surface area contributed by atoms with Gasteiger partial charge >= 0.3 is 0 Å². The topological polar surface area (TPSA) is 55.1 Å². The maximum Gasteiger partial charge on any atom is 0.278 e. The maximum atomic E-state index is 12.5. The molecule has 0 saturated carbocycles. The van der Waals surface area contributed by atoms with Crippen LogP contribution in [0.25, 0.3) is 11.3 Å². The number of aryl methyl sites for hydroxylation is 2. The molecule has 1 aromatic heterocycles. The van der Waals surface area contributed by atoms with Crippen LogP contribution in [0.5, 0.6) is 0 Å². The van der Waals surface area contributed by atoms with E-state index < -0.39 is 0 Å². The van der Waals surface area contributed by atoms with Crippen LogP contribution < -0.4 is 5.32 Å². The molecule has 1 aliphatic carbocycles. The predicted molar refractivity (Wildman–Crippen MR) is 88.4 cm³/mol. The summed E-state index contributed by atoms with van der Waals surface area (Å²) in [5, 5.41) is 2.92. The summed E-state index contributed by atoms with van der Waals surface area (Å²) in [5.74, 6) is 0.236. The fourth-order valence-corrected chi connectivity index (χ4v) is 3.04. The van der Waals surface area contributed by atoms with Crippen molar-refractivity contribution >= 4 is 11.6 Å². The van der Waals surface area contributed by atoms with Gasteiger partial charge in [-0.1, -0.05) is 36.4 Å². The van der Waals surface area contributed by atoms with E-state index in [1.165, 1.54) is 23.9 Å². The molecule has 1 N–H and O–H groups in total. The quantitative estimate of drug-likeness (QED) is 0.793. The lowest BCUT2D eigenvalue weighted by atomic mass is 10.1. The van der Waals surface area contributed by atoms with Crippen LogP contribution in [0.2, 0.25) is 0 Å². The number of amides is 1. The van der Waals surface area contributed by atoms with Gasteiger partial charge in [0.05, 0.1) is 0 Å². The van der Waals surface area contributed by atoms with Crippen LogP contribution in [-0.2, 0) is 12.8 Å². The Morgan fingerprint density at radius 2 is 1.87 bits per heavy atom. The highest BCUT2D eigenvalue weighted by Crippen LogP contribution is 2.26. The number of anilines is 1. The van der Waals surface area contributed by atoms with Gasteiger partial charge in [-0.25, -0.2) is 4.98 Å². The summed E-state index contributed by atoms with van der Waals surface area (Å²) in [6, 6.07) is 15.6. The summed E-state index contributed by atoms with van der Waals surface area (Å²) < 4.78 is 5.41. The Balaban J connectivity index is 1.60. The predicted octanol–water partition coefficient (Wildman–Crippen LogP) is 4.08. The van der Waals surface area contributed by atoms with Crippen molar-refractivity contribution in [2.75, 3.05) is 5.32 Å². The average molecular weight is 304 g/mol. The highest BCUT2D eigenvalue weighted by Gasteiger charge is 2.19. The van der Waals surface area contributed by atoms with Gasteiger partial charge in [0.15, 0.2) is 17.8 Å². The number of carbonyl (C=O) groups is 1. The summed E-state index contributed by atoms with van der Waals surface area (Å²) in [4.78, 5) is 16.6. The molecule has 0 saturated heterocycles. The summed E-state index contributed by atoms with van der Waals surface area (Å²) in [5.41, 5.74) is 4.65. The largest absolute Gasteiger partial charge is 0.443 e. The summed E-state index contributed by atoms with van der Waals surface area (Å²) in [6.45, 7) is 0. The van der Waals surface area contributed by atoms with Gasteiger partial charge in [-0.15, -0.1) is 0 Å². The Bertz CT molecular complexity index is 853. The van der Waals surface area contributed by atoms with Gasteiger partial charge in [-0.2, -0.15) is 0 Å². The summed E-state index contributed by atoms with van der Waals surface area (Å²) >= 11 is 0. The van der Waals surface area contributed by atoms with E-state index in [0.29, 0.717) is 11.5 Å². The fourth-order valence-electron chi connectivity index (χ4n) is 3.04. The van der Waals surface area contributed by atoms with Crippen molar-refractivity contribution in [2.24, 2.45) is 0 Å². The molecule has 3 aromatic rings. The van der Waals surface area contributed by atoms with Gasteiger partial charge < -0.3 is 9.73 Å². The average Bonchev–Trinajstić information content (AvgIpc) is 3.24. The summed E-state index contributed by atoms with van der Waals surface area (Å²) in [7, 11) is 0. The normalized spacial score (nSPS) is 12.9. The first-order valence-electron chi connectivity index (χ1n) is 7.73. The molecule has 4 nitrogen and oxygen atoms in total. The number of oxazole rings is 1. The number of aromatic nitrogens is 1. The van der Waals surface area contributed by atoms with Gasteiger partial charge in [0.2, 0.25) is 0 Å². The minimum atomic E-state index is -0.254. The van der Waals surface area contributed by atoms with E-state index in [1.807, 2.05) is 36.4 Å². The third kappa shape index (κ3) is 2.63. The van der Waals surface area contributed by atoms with Crippen LogP contribution in [0.3, 0.4) is 0 Å². The van der Waals surface area contributed by atoms with Gasteiger partial charge in [0, 0.05) is 11.3 Å². The van der Waals surface area contributed by atoms with Crippen molar-refractivity contribution in [1.29, 1.82) is 0 Å². The lowest BCUT2D eigenvalue weighted by Crippen LogP contribution is -2.13. The van der Waals surface area contributed by atoms with Crippen LogP contribution in [0.1, 0.15) is 28.0 Å². The maximum absolute atomic E-state index is 12.5. The molecule has 1 aliphatic rings. The Morgan fingerprint density at radius 1 is 1.04 bits per heavy atom. The molecule has 1 heterocycles. The zero-order valence-electron chi connectivity index (χ0n) is 12.6. The highest BCUT2D eigenvalue weighted by atomic mass is 16.3. The minimum Gasteiger partial charge on any atom is -0.443 e. The third-order valence-electron chi connectivity index (χ3n) is 4.17. The van der Waals surface area contributed by atoms with E-state index in [2.05, 4.69) is 22.4 Å². The van der Waals surface area contributed by atoms with Crippen molar-refractivity contribution in [2.45, 2.75) is 19.3 Å². The van der Waals surface area contributed by atoms with Crippen LogP contribution in [0.4, 0.5) is 5.69 Å². The monoisotopic (exact) mass is 304 g/mol. The van der Waals surface area contributed by atoms with Gasteiger partial charge in [-0.05, 0) is 42.5 Å². The zero-order chi connectivity index (χ0) is 15.6. The first-order chi connectivity index (χ1) is 11.3. The smallest absolute Gasteiger partial charge is 0.278 e. The van der Waals surface area contributed by atoms with E-state index >= 15 is 0 Å². The third-order valence-corrected chi connectivity index (χ3v) is 4.17. The van der Waals surface area contributed by atoms with Crippen molar-refractivity contribution in [3.8, 4) is 11.3 Å². The lowest BCUT2D eigenvalue weighted by Gasteiger charge is -2.07. The van der Waals surface area contributed by atoms with Gasteiger partial charge in [-0.3, -0.25) is 4.79 Å². The van der Waals surface area contributed by atoms with Crippen molar-refractivity contribution in [3.05, 3.63) is 71.7 Å². The molecule has 0 aliphatic heterocycles. The van der Waals surface area contributed by atoms with E-state index in [9.17, 15) is 4.79 Å². The molecule has 0 spiro atoms. The Hall–Kier alpha value is -2.88. The van der Waals surface area contributed by atoms with E-state index in [1.54, 1.807) is 0 Å². The molecule has 0 radical (unpaired) electrons. The highest BCUT2D eigenvalue weighted by molar-refractivity contribution is 6.06. The number of nitrogens with zero attached hydrogens (tertiary/aromatic N) is 1. The van der Waals surface area contributed by atoms with Crippen LogP contribution in [0, 0.1) is 0 Å². The van der Waals surface area contributed by atoms with Crippen LogP contribution in [-0.4, -0.2) is 10.9 Å². The van der Waals surface area contributed by atoms with Crippen molar-refractivity contribution < 1.29 is 9.21 Å². The molecular weight excluding hydrogens is 288 g/mol. The van der Waals surface area contributed by atoms with E-state index in [-0.39, 0.29) is 5.91 Å². The Labute approximate surface area is 134 Å². The van der Waals surface area contributed by atoms with Crippen molar-refractivity contribution in [3.63, 3.8) is 0 Å². The summed E-state index contributed by atoms with van der Waals surface area (Å²) in [6.07, 6.45) is 4.71. The second kappa shape index (κ2) is 5.72. The molecule has 4 rings (SSSR count). The Kier molecular flexibility index (Phi) is 3.42. The fraction of sp³-hybridized carbons (Fsp3) is 0.158. The minimum absolute atomic E-state index is 0.254.